The van der Waals surface area contributed by atoms with Crippen molar-refractivity contribution in [2.45, 2.75) is 0 Å². The fourth-order valence-corrected chi connectivity index (χ4v) is 2.07. The first-order valence-corrected chi connectivity index (χ1v) is 7.40. The maximum Gasteiger partial charge on any atom is 0.242 e. The first kappa shape index (κ1) is 12.1. The van der Waals surface area contributed by atoms with E-state index in [4.69, 9.17) is 0 Å². The zero-order valence-corrected chi connectivity index (χ0v) is 11.0. The third kappa shape index (κ3) is 3.04. The molecule has 17 heavy (non-hydrogen) atoms. The van der Waals surface area contributed by atoms with E-state index in [1.54, 1.807) is 35.3 Å². The van der Waals surface area contributed by atoms with E-state index in [1.807, 2.05) is 0 Å². The Balaban J connectivity index is 2.19. The Kier molecular flexibility index (Phi) is 3.43. The van der Waals surface area contributed by atoms with Gasteiger partial charge in [-0.1, -0.05) is 15.9 Å². The Bertz CT molecular complexity index is 580. The first-order valence-electron chi connectivity index (χ1n) is 4.63. The van der Waals surface area contributed by atoms with Gasteiger partial charge in [0.2, 0.25) is 10.0 Å². The molecule has 0 atom stereocenters. The molecule has 0 spiro atoms. The smallest absolute Gasteiger partial charge is 0.242 e. The molecule has 0 unspecified atom stereocenters. The van der Waals surface area contributed by atoms with Crippen molar-refractivity contribution in [1.29, 1.82) is 0 Å². The summed E-state index contributed by atoms with van der Waals surface area (Å²) in [7, 11) is -3.33. The molecule has 8 heteroatoms. The average molecular weight is 317 g/mol. The summed E-state index contributed by atoms with van der Waals surface area (Å²) in [6.45, 7) is 0. The molecule has 0 amide bonds. The third-order valence-corrected chi connectivity index (χ3v) is 4.55. The van der Waals surface area contributed by atoms with Crippen LogP contribution in [0, 0.1) is 0 Å². The van der Waals surface area contributed by atoms with Gasteiger partial charge >= 0.3 is 0 Å². The molecule has 0 aliphatic carbocycles. The van der Waals surface area contributed by atoms with Gasteiger partial charge in [0.15, 0.2) is 5.82 Å². The molecule has 0 saturated carbocycles. The van der Waals surface area contributed by atoms with Crippen molar-refractivity contribution in [3.05, 3.63) is 36.8 Å². The fraction of sp³-hybridized carbons (Fsp3) is 0.111. The number of alkyl halides is 1. The number of sulfonamides is 1. The minimum Gasteiger partial charge on any atom is -0.281 e. The molecule has 2 rings (SSSR count). The number of rotatable bonds is 4. The van der Waals surface area contributed by atoms with Gasteiger partial charge in [0, 0.05) is 12.4 Å². The first-order chi connectivity index (χ1) is 8.11. The van der Waals surface area contributed by atoms with Gasteiger partial charge in [-0.3, -0.25) is 4.72 Å². The second-order valence-corrected chi connectivity index (χ2v) is 6.21. The highest BCUT2D eigenvalue weighted by Gasteiger charge is 2.07. The molecule has 1 N–H and O–H groups in total. The van der Waals surface area contributed by atoms with Crippen molar-refractivity contribution in [2.75, 3.05) is 9.38 Å². The standard InChI is InChI=1S/C9H9BrN4O2S/c10-7-17(15,16)13-8-2-3-9(11-6-8)14-5-1-4-12-14/h1-6,13H,7H2. The maximum atomic E-state index is 11.3. The maximum absolute atomic E-state index is 11.3. The lowest BCUT2D eigenvalue weighted by molar-refractivity contribution is 0.606. The number of halogens is 1. The molecule has 0 fully saturated rings. The molecule has 0 saturated heterocycles. The van der Waals surface area contributed by atoms with Crippen LogP contribution in [0.3, 0.4) is 0 Å². The average Bonchev–Trinajstić information content (AvgIpc) is 2.83. The summed E-state index contributed by atoms with van der Waals surface area (Å²) >= 11 is 2.89. The molecule has 0 bridgehead atoms. The molecule has 0 aromatic carbocycles. The second-order valence-electron chi connectivity index (χ2n) is 3.18. The Morgan fingerprint density at radius 3 is 2.76 bits per heavy atom. The quantitative estimate of drug-likeness (QED) is 0.864. The third-order valence-electron chi connectivity index (χ3n) is 1.90. The van der Waals surface area contributed by atoms with Gasteiger partial charge in [0.1, 0.15) is 4.66 Å². The van der Waals surface area contributed by atoms with E-state index in [1.165, 1.54) is 6.20 Å². The highest BCUT2D eigenvalue weighted by molar-refractivity contribution is 9.10. The van der Waals surface area contributed by atoms with Crippen LogP contribution in [0.1, 0.15) is 0 Å². The zero-order chi connectivity index (χ0) is 12.3. The van der Waals surface area contributed by atoms with Crippen LogP contribution in [0.5, 0.6) is 0 Å². The molecule has 6 nitrogen and oxygen atoms in total. The topological polar surface area (TPSA) is 76.9 Å². The summed E-state index contributed by atoms with van der Waals surface area (Å²) in [6.07, 6.45) is 4.84. The van der Waals surface area contributed by atoms with E-state index in [-0.39, 0.29) is 4.66 Å². The van der Waals surface area contributed by atoms with Gasteiger partial charge in [-0.2, -0.15) is 5.10 Å². The summed E-state index contributed by atoms with van der Waals surface area (Å²) in [5.74, 6) is 0.622. The molecule has 2 aromatic heterocycles. The molecule has 0 aliphatic heterocycles. The van der Waals surface area contributed by atoms with Crippen LogP contribution in [-0.4, -0.2) is 27.8 Å². The van der Waals surface area contributed by atoms with E-state index in [0.29, 0.717) is 11.5 Å². The van der Waals surface area contributed by atoms with Crippen molar-refractivity contribution in [2.24, 2.45) is 0 Å². The Labute approximate surface area is 107 Å². The van der Waals surface area contributed by atoms with Crippen LogP contribution in [-0.2, 0) is 10.0 Å². The predicted octanol–water partition coefficient (Wildman–Crippen LogP) is 1.36. The second kappa shape index (κ2) is 4.84. The van der Waals surface area contributed by atoms with Crippen molar-refractivity contribution >= 4 is 31.6 Å². The van der Waals surface area contributed by atoms with Gasteiger partial charge < -0.3 is 0 Å². The van der Waals surface area contributed by atoms with Crippen molar-refractivity contribution in [1.82, 2.24) is 14.8 Å². The minimum absolute atomic E-state index is 0.152. The normalized spacial score (nSPS) is 11.4. The molecule has 2 heterocycles. The van der Waals surface area contributed by atoms with Crippen LogP contribution in [0.25, 0.3) is 5.82 Å². The van der Waals surface area contributed by atoms with Gasteiger partial charge in [-0.25, -0.2) is 18.1 Å². The fourth-order valence-electron chi connectivity index (χ4n) is 1.19. The summed E-state index contributed by atoms with van der Waals surface area (Å²) in [5, 5.41) is 4.01. The van der Waals surface area contributed by atoms with Gasteiger partial charge in [-0.15, -0.1) is 0 Å². The van der Waals surface area contributed by atoms with E-state index in [0.717, 1.165) is 0 Å². The molecular formula is C9H9BrN4O2S. The zero-order valence-electron chi connectivity index (χ0n) is 8.62. The van der Waals surface area contributed by atoms with Crippen LogP contribution in [0.4, 0.5) is 5.69 Å². The molecule has 2 aromatic rings. The lowest BCUT2D eigenvalue weighted by Crippen LogP contribution is -2.13. The Hall–Kier alpha value is -1.41. The molecule has 0 radical (unpaired) electrons. The monoisotopic (exact) mass is 316 g/mol. The predicted molar refractivity (Wildman–Crippen MR) is 67.7 cm³/mol. The molecular weight excluding hydrogens is 308 g/mol. The number of hydrogen-bond donors (Lipinski definition) is 1. The largest absolute Gasteiger partial charge is 0.281 e. The van der Waals surface area contributed by atoms with E-state index >= 15 is 0 Å². The van der Waals surface area contributed by atoms with Crippen LogP contribution < -0.4 is 4.72 Å². The highest BCUT2D eigenvalue weighted by Crippen LogP contribution is 2.11. The van der Waals surface area contributed by atoms with Gasteiger partial charge in [-0.05, 0) is 18.2 Å². The van der Waals surface area contributed by atoms with Crippen molar-refractivity contribution in [3.63, 3.8) is 0 Å². The number of anilines is 1. The highest BCUT2D eigenvalue weighted by atomic mass is 79.9. The number of nitrogens with one attached hydrogen (secondary N) is 1. The van der Waals surface area contributed by atoms with Crippen LogP contribution in [0.15, 0.2) is 36.8 Å². The van der Waals surface area contributed by atoms with E-state index in [9.17, 15) is 8.42 Å². The van der Waals surface area contributed by atoms with Crippen molar-refractivity contribution < 1.29 is 8.42 Å². The number of aromatic nitrogens is 3. The summed E-state index contributed by atoms with van der Waals surface area (Å²) in [5.41, 5.74) is 0.417. The van der Waals surface area contributed by atoms with Gasteiger partial charge in [0.05, 0.1) is 11.9 Å². The van der Waals surface area contributed by atoms with E-state index in [2.05, 4.69) is 30.7 Å². The Morgan fingerprint density at radius 2 is 2.24 bits per heavy atom. The number of hydrogen-bond acceptors (Lipinski definition) is 4. The molecule has 90 valence electrons. The summed E-state index contributed by atoms with van der Waals surface area (Å²) in [6, 6.07) is 5.09. The summed E-state index contributed by atoms with van der Waals surface area (Å²) < 4.78 is 26.4. The summed E-state index contributed by atoms with van der Waals surface area (Å²) in [4.78, 5) is 4.10. The Morgan fingerprint density at radius 1 is 1.41 bits per heavy atom. The van der Waals surface area contributed by atoms with Gasteiger partial charge in [0.25, 0.3) is 0 Å². The number of nitrogens with zero attached hydrogens (tertiary/aromatic N) is 3. The van der Waals surface area contributed by atoms with Crippen LogP contribution in [0.2, 0.25) is 0 Å². The lowest BCUT2D eigenvalue weighted by Gasteiger charge is -2.05. The number of pyridine rings is 1. The lowest BCUT2D eigenvalue weighted by atomic mass is 10.4. The van der Waals surface area contributed by atoms with Crippen LogP contribution >= 0.6 is 15.9 Å². The van der Waals surface area contributed by atoms with Crippen molar-refractivity contribution in [3.8, 4) is 5.82 Å². The molecule has 0 aliphatic rings. The minimum atomic E-state index is -3.33. The SMILES string of the molecule is O=S(=O)(CBr)Nc1ccc(-n2cccn2)nc1. The van der Waals surface area contributed by atoms with E-state index < -0.39 is 10.0 Å².